The fourth-order valence-electron chi connectivity index (χ4n) is 3.48. The Labute approximate surface area is 126 Å². The van der Waals surface area contributed by atoms with Gasteiger partial charge in [0.2, 0.25) is 0 Å². The Kier molecular flexibility index (Phi) is 3.13. The molecule has 3 aromatic rings. The van der Waals surface area contributed by atoms with Crippen molar-refractivity contribution >= 4 is 21.8 Å². The second kappa shape index (κ2) is 5.04. The third-order valence-corrected chi connectivity index (χ3v) is 4.47. The van der Waals surface area contributed by atoms with Gasteiger partial charge in [-0.25, -0.2) is 8.78 Å². The van der Waals surface area contributed by atoms with Crippen molar-refractivity contribution in [3.05, 3.63) is 48.0 Å². The molecule has 1 saturated heterocycles. The molecule has 2 heterocycles. The van der Waals surface area contributed by atoms with Gasteiger partial charge in [-0.15, -0.1) is 0 Å². The van der Waals surface area contributed by atoms with E-state index in [2.05, 4.69) is 5.32 Å². The number of fused-ring (bicyclic) bond motifs is 3. The Bertz CT molecular complexity index is 799. The summed E-state index contributed by atoms with van der Waals surface area (Å²) in [5, 5.41) is 14.9. The second-order valence-electron chi connectivity index (χ2n) is 5.82. The van der Waals surface area contributed by atoms with Gasteiger partial charge in [-0.3, -0.25) is 0 Å². The highest BCUT2D eigenvalue weighted by molar-refractivity contribution is 6.08. The quantitative estimate of drug-likeness (QED) is 0.725. The predicted octanol–water partition coefficient (Wildman–Crippen LogP) is 2.97. The summed E-state index contributed by atoms with van der Waals surface area (Å²) >= 11 is 0. The molecule has 2 atom stereocenters. The molecular weight excluding hydrogens is 286 g/mol. The van der Waals surface area contributed by atoms with Crippen molar-refractivity contribution in [2.75, 3.05) is 13.1 Å². The van der Waals surface area contributed by atoms with Crippen LogP contribution in [0.1, 0.15) is 12.5 Å². The number of nitrogens with zero attached hydrogens (tertiary/aromatic N) is 1. The maximum absolute atomic E-state index is 13.6. The topological polar surface area (TPSA) is 37.2 Å². The molecule has 3 nitrogen and oxygen atoms in total. The molecule has 0 bridgehead atoms. The number of halogens is 2. The molecule has 0 saturated carbocycles. The predicted molar refractivity (Wildman–Crippen MR) is 81.9 cm³/mol. The highest BCUT2D eigenvalue weighted by atomic mass is 19.1. The van der Waals surface area contributed by atoms with Crippen LogP contribution in [-0.4, -0.2) is 28.9 Å². The zero-order chi connectivity index (χ0) is 15.3. The number of piperidine rings is 1. The number of β-amino-alcohol motifs (C(OH)–C–C–N with tert-alkyl or cyclic N) is 1. The average molecular weight is 302 g/mol. The van der Waals surface area contributed by atoms with E-state index in [1.807, 2.05) is 4.57 Å². The van der Waals surface area contributed by atoms with E-state index in [-0.39, 0.29) is 17.7 Å². The lowest BCUT2D eigenvalue weighted by molar-refractivity contribution is 0.0913. The van der Waals surface area contributed by atoms with E-state index >= 15 is 0 Å². The largest absolute Gasteiger partial charge is 0.390 e. The number of rotatable bonds is 1. The number of aromatic nitrogens is 1. The number of hydrogen-bond acceptors (Lipinski definition) is 2. The van der Waals surface area contributed by atoms with Gasteiger partial charge in [0.25, 0.3) is 0 Å². The first-order chi connectivity index (χ1) is 10.6. The van der Waals surface area contributed by atoms with Gasteiger partial charge in [0, 0.05) is 28.4 Å². The standard InChI is InChI=1S/C17H16F2N2O/c18-10-1-3-14-12(7-10)13-8-11(19)2-4-15(13)21(14)16-5-6-20-9-17(16)22/h1-4,7-8,16-17,20,22H,5-6,9H2/t16?,17-/m1/s1. The number of benzene rings is 2. The molecule has 1 unspecified atom stereocenters. The van der Waals surface area contributed by atoms with E-state index in [0.29, 0.717) is 17.3 Å². The normalized spacial score (nSPS) is 22.5. The summed E-state index contributed by atoms with van der Waals surface area (Å²) in [7, 11) is 0. The summed E-state index contributed by atoms with van der Waals surface area (Å²) in [4.78, 5) is 0. The summed E-state index contributed by atoms with van der Waals surface area (Å²) in [5.74, 6) is -0.691. The Morgan fingerprint density at radius 3 is 2.14 bits per heavy atom. The molecule has 22 heavy (non-hydrogen) atoms. The van der Waals surface area contributed by atoms with Crippen molar-refractivity contribution in [1.82, 2.24) is 9.88 Å². The Balaban J connectivity index is 2.06. The maximum atomic E-state index is 13.6. The Morgan fingerprint density at radius 1 is 1.00 bits per heavy atom. The minimum Gasteiger partial charge on any atom is -0.390 e. The van der Waals surface area contributed by atoms with Crippen molar-refractivity contribution < 1.29 is 13.9 Å². The monoisotopic (exact) mass is 302 g/mol. The van der Waals surface area contributed by atoms with Gasteiger partial charge in [0.05, 0.1) is 12.1 Å². The van der Waals surface area contributed by atoms with E-state index in [9.17, 15) is 13.9 Å². The highest BCUT2D eigenvalue weighted by Crippen LogP contribution is 2.35. The van der Waals surface area contributed by atoms with Crippen molar-refractivity contribution in [1.29, 1.82) is 0 Å². The fourth-order valence-corrected chi connectivity index (χ4v) is 3.48. The minimum atomic E-state index is -0.525. The summed E-state index contributed by atoms with van der Waals surface area (Å²) in [6.45, 7) is 1.33. The van der Waals surface area contributed by atoms with Crippen LogP contribution in [0.2, 0.25) is 0 Å². The van der Waals surface area contributed by atoms with Gasteiger partial charge in [0.15, 0.2) is 0 Å². The SMILES string of the molecule is O[C@@H]1CNCCC1n1c2ccc(F)cc2c2cc(F)ccc21. The zero-order valence-corrected chi connectivity index (χ0v) is 11.9. The Morgan fingerprint density at radius 2 is 1.59 bits per heavy atom. The third kappa shape index (κ3) is 2.01. The number of nitrogens with one attached hydrogen (secondary N) is 1. The van der Waals surface area contributed by atoms with E-state index in [4.69, 9.17) is 0 Å². The molecule has 2 N–H and O–H groups in total. The van der Waals surface area contributed by atoms with Crippen LogP contribution >= 0.6 is 0 Å². The summed E-state index contributed by atoms with van der Waals surface area (Å²) < 4.78 is 29.3. The number of aliphatic hydroxyl groups excluding tert-OH is 1. The molecule has 0 amide bonds. The molecule has 4 rings (SSSR count). The minimum absolute atomic E-state index is 0.0998. The van der Waals surface area contributed by atoms with Crippen LogP contribution in [0.4, 0.5) is 8.78 Å². The summed E-state index contributed by atoms with van der Waals surface area (Å²) in [6, 6.07) is 8.98. The highest BCUT2D eigenvalue weighted by Gasteiger charge is 2.27. The molecule has 0 radical (unpaired) electrons. The van der Waals surface area contributed by atoms with E-state index in [1.54, 1.807) is 12.1 Å². The van der Waals surface area contributed by atoms with E-state index in [1.165, 1.54) is 24.3 Å². The second-order valence-corrected chi connectivity index (χ2v) is 5.82. The van der Waals surface area contributed by atoms with Crippen LogP contribution < -0.4 is 5.32 Å². The van der Waals surface area contributed by atoms with Crippen LogP contribution in [0.15, 0.2) is 36.4 Å². The summed E-state index contributed by atoms with van der Waals surface area (Å²) in [6.07, 6.45) is 0.247. The van der Waals surface area contributed by atoms with Crippen molar-refractivity contribution in [2.24, 2.45) is 0 Å². The van der Waals surface area contributed by atoms with E-state index < -0.39 is 6.10 Å². The molecule has 0 aliphatic carbocycles. The van der Waals surface area contributed by atoms with Crippen LogP contribution in [0.5, 0.6) is 0 Å². The van der Waals surface area contributed by atoms with Crippen LogP contribution in [0, 0.1) is 11.6 Å². The molecule has 1 aliphatic heterocycles. The third-order valence-electron chi connectivity index (χ3n) is 4.47. The van der Waals surface area contributed by atoms with E-state index in [0.717, 1.165) is 24.0 Å². The molecule has 2 aromatic carbocycles. The van der Waals surface area contributed by atoms with Gasteiger partial charge in [-0.1, -0.05) is 0 Å². The molecule has 1 aliphatic rings. The number of hydrogen-bond donors (Lipinski definition) is 2. The van der Waals surface area contributed by atoms with Gasteiger partial charge >= 0.3 is 0 Å². The van der Waals surface area contributed by atoms with Crippen molar-refractivity contribution in [3.8, 4) is 0 Å². The van der Waals surface area contributed by atoms with Crippen LogP contribution in [0.25, 0.3) is 21.8 Å². The first-order valence-corrected chi connectivity index (χ1v) is 7.42. The van der Waals surface area contributed by atoms with Gasteiger partial charge in [-0.05, 0) is 49.4 Å². The van der Waals surface area contributed by atoms with Crippen molar-refractivity contribution in [2.45, 2.75) is 18.6 Å². The molecule has 5 heteroatoms. The lowest BCUT2D eigenvalue weighted by atomic mass is 10.0. The van der Waals surface area contributed by atoms with Gasteiger partial charge in [0.1, 0.15) is 11.6 Å². The average Bonchev–Trinajstić information content (AvgIpc) is 2.81. The van der Waals surface area contributed by atoms with Gasteiger partial charge < -0.3 is 15.0 Å². The molecular formula is C17H16F2N2O. The summed E-state index contributed by atoms with van der Waals surface area (Å²) in [5.41, 5.74) is 1.65. The van der Waals surface area contributed by atoms with Crippen LogP contribution in [0.3, 0.4) is 0 Å². The molecule has 1 fully saturated rings. The van der Waals surface area contributed by atoms with Gasteiger partial charge in [-0.2, -0.15) is 0 Å². The lowest BCUT2D eigenvalue weighted by Crippen LogP contribution is -2.41. The fraction of sp³-hybridized carbons (Fsp3) is 0.294. The number of aliphatic hydroxyl groups is 1. The first-order valence-electron chi connectivity index (χ1n) is 7.42. The van der Waals surface area contributed by atoms with Crippen LogP contribution in [-0.2, 0) is 0 Å². The van der Waals surface area contributed by atoms with Crippen molar-refractivity contribution in [3.63, 3.8) is 0 Å². The molecule has 1 aromatic heterocycles. The lowest BCUT2D eigenvalue weighted by Gasteiger charge is -2.31. The Hall–Kier alpha value is -1.98. The molecule has 0 spiro atoms. The smallest absolute Gasteiger partial charge is 0.123 e. The first kappa shape index (κ1) is 13.7. The molecule has 114 valence electrons. The zero-order valence-electron chi connectivity index (χ0n) is 11.9. The maximum Gasteiger partial charge on any atom is 0.123 e.